The van der Waals surface area contributed by atoms with Crippen LogP contribution in [-0.2, 0) is 4.74 Å². The molecule has 19 heavy (non-hydrogen) atoms. The van der Waals surface area contributed by atoms with Crippen LogP contribution in [0.15, 0.2) is 28.7 Å². The summed E-state index contributed by atoms with van der Waals surface area (Å²) < 4.78 is 10.7. The fourth-order valence-corrected chi connectivity index (χ4v) is 2.05. The predicted octanol–water partition coefficient (Wildman–Crippen LogP) is 0.992. The third-order valence-electron chi connectivity index (χ3n) is 3.03. The van der Waals surface area contributed by atoms with Crippen molar-refractivity contribution in [2.75, 3.05) is 32.0 Å². The number of carbonyl (C=O) groups excluding carboxylic acids is 1. The number of nitrogens with two attached hydrogens (primary N) is 1. The zero-order chi connectivity index (χ0) is 13.2. The number of morpholine rings is 1. The lowest BCUT2D eigenvalue weighted by Crippen LogP contribution is -2.48. The van der Waals surface area contributed by atoms with Crippen molar-refractivity contribution in [3.63, 3.8) is 0 Å². The molecule has 2 aromatic rings. The van der Waals surface area contributed by atoms with E-state index in [2.05, 4.69) is 5.43 Å². The molecule has 2 heterocycles. The number of anilines is 1. The Morgan fingerprint density at radius 3 is 2.84 bits per heavy atom. The van der Waals surface area contributed by atoms with Crippen LogP contribution in [-0.4, -0.2) is 37.2 Å². The number of nitrogens with one attached hydrogen (secondary N) is 1. The number of carbonyl (C=O) groups is 1. The van der Waals surface area contributed by atoms with Crippen molar-refractivity contribution in [1.82, 2.24) is 10.4 Å². The van der Waals surface area contributed by atoms with Crippen molar-refractivity contribution in [1.29, 1.82) is 0 Å². The first kappa shape index (κ1) is 12.0. The number of nitrogens with zero attached hydrogens (tertiary/aromatic N) is 1. The molecule has 1 aliphatic heterocycles. The molecule has 1 aliphatic rings. The molecule has 0 aliphatic carbocycles. The topological polar surface area (TPSA) is 80.7 Å². The molecule has 1 saturated heterocycles. The average molecular weight is 261 g/mol. The molecule has 1 aromatic heterocycles. The third-order valence-corrected chi connectivity index (χ3v) is 3.03. The molecule has 0 saturated carbocycles. The fourth-order valence-electron chi connectivity index (χ4n) is 2.05. The highest BCUT2D eigenvalue weighted by molar-refractivity contribution is 5.96. The normalized spacial score (nSPS) is 16.6. The number of benzene rings is 1. The number of hydrazine groups is 1. The molecule has 1 amide bonds. The zero-order valence-electron chi connectivity index (χ0n) is 10.4. The summed E-state index contributed by atoms with van der Waals surface area (Å²) in [6.45, 7) is 2.60. The van der Waals surface area contributed by atoms with Gasteiger partial charge in [0.1, 0.15) is 5.58 Å². The molecule has 0 spiro atoms. The lowest BCUT2D eigenvalue weighted by Gasteiger charge is -2.26. The Hall–Kier alpha value is -2.05. The first-order valence-electron chi connectivity index (χ1n) is 6.15. The standard InChI is InChI=1S/C13H15N3O3/c14-10-1-2-11-9(7-10)8-12(19-11)13(17)15-16-3-5-18-6-4-16/h1-2,7-8H,3-6,14H2,(H,15,17). The monoisotopic (exact) mass is 261 g/mol. The predicted molar refractivity (Wildman–Crippen MR) is 70.5 cm³/mol. The zero-order valence-corrected chi connectivity index (χ0v) is 10.4. The number of hydrogen-bond donors (Lipinski definition) is 2. The van der Waals surface area contributed by atoms with E-state index in [4.69, 9.17) is 14.9 Å². The second-order valence-corrected chi connectivity index (χ2v) is 4.45. The van der Waals surface area contributed by atoms with Gasteiger partial charge in [0.15, 0.2) is 5.76 Å². The highest BCUT2D eigenvalue weighted by atomic mass is 16.5. The maximum Gasteiger partial charge on any atom is 0.301 e. The number of rotatable bonds is 2. The van der Waals surface area contributed by atoms with Gasteiger partial charge in [0.25, 0.3) is 0 Å². The largest absolute Gasteiger partial charge is 0.451 e. The number of fused-ring (bicyclic) bond motifs is 1. The van der Waals surface area contributed by atoms with Gasteiger partial charge in [0.2, 0.25) is 0 Å². The average Bonchev–Trinajstić information content (AvgIpc) is 2.83. The quantitative estimate of drug-likeness (QED) is 0.788. The van der Waals surface area contributed by atoms with Crippen molar-refractivity contribution in [2.45, 2.75) is 0 Å². The molecule has 0 radical (unpaired) electrons. The summed E-state index contributed by atoms with van der Waals surface area (Å²) in [7, 11) is 0. The highest BCUT2D eigenvalue weighted by Crippen LogP contribution is 2.21. The minimum absolute atomic E-state index is 0.253. The van der Waals surface area contributed by atoms with E-state index in [-0.39, 0.29) is 11.7 Å². The molecular formula is C13H15N3O3. The van der Waals surface area contributed by atoms with Crippen molar-refractivity contribution in [3.05, 3.63) is 30.0 Å². The van der Waals surface area contributed by atoms with Crippen LogP contribution in [0.5, 0.6) is 0 Å². The van der Waals surface area contributed by atoms with E-state index in [1.807, 2.05) is 5.01 Å². The Balaban J connectivity index is 1.77. The van der Waals surface area contributed by atoms with Crippen molar-refractivity contribution >= 4 is 22.6 Å². The van der Waals surface area contributed by atoms with Crippen molar-refractivity contribution in [2.24, 2.45) is 0 Å². The Morgan fingerprint density at radius 2 is 2.05 bits per heavy atom. The summed E-state index contributed by atoms with van der Waals surface area (Å²) in [5.74, 6) is 0.0313. The number of ether oxygens (including phenoxy) is 1. The van der Waals surface area contributed by atoms with E-state index < -0.39 is 0 Å². The maximum absolute atomic E-state index is 12.0. The van der Waals surface area contributed by atoms with E-state index in [1.54, 1.807) is 24.3 Å². The lowest BCUT2D eigenvalue weighted by atomic mass is 10.2. The number of furan rings is 1. The van der Waals surface area contributed by atoms with Gasteiger partial charge in [-0.25, -0.2) is 5.01 Å². The number of nitrogen functional groups attached to an aromatic ring is 1. The molecule has 1 aromatic carbocycles. The Labute approximate surface area is 110 Å². The van der Waals surface area contributed by atoms with E-state index in [0.717, 1.165) is 5.39 Å². The van der Waals surface area contributed by atoms with Crippen LogP contribution in [0, 0.1) is 0 Å². The Bertz CT molecular complexity index is 602. The van der Waals surface area contributed by atoms with Crippen LogP contribution in [0.4, 0.5) is 5.69 Å². The summed E-state index contributed by atoms with van der Waals surface area (Å²) in [4.78, 5) is 12.0. The molecule has 100 valence electrons. The van der Waals surface area contributed by atoms with Crippen LogP contribution >= 0.6 is 0 Å². The minimum Gasteiger partial charge on any atom is -0.451 e. The van der Waals surface area contributed by atoms with Crippen LogP contribution in [0.25, 0.3) is 11.0 Å². The SMILES string of the molecule is Nc1ccc2oc(C(=O)NN3CCOCC3)cc2c1. The first-order chi connectivity index (χ1) is 9.22. The second-order valence-electron chi connectivity index (χ2n) is 4.45. The van der Waals surface area contributed by atoms with Gasteiger partial charge in [-0.3, -0.25) is 10.2 Å². The van der Waals surface area contributed by atoms with Crippen molar-refractivity contribution < 1.29 is 13.9 Å². The molecular weight excluding hydrogens is 246 g/mol. The number of hydrogen-bond acceptors (Lipinski definition) is 5. The minimum atomic E-state index is -0.253. The van der Waals surface area contributed by atoms with Crippen molar-refractivity contribution in [3.8, 4) is 0 Å². The second kappa shape index (κ2) is 4.91. The molecule has 6 nitrogen and oxygen atoms in total. The fraction of sp³-hybridized carbons (Fsp3) is 0.308. The van der Waals surface area contributed by atoms with E-state index >= 15 is 0 Å². The molecule has 0 atom stereocenters. The molecule has 3 N–H and O–H groups in total. The summed E-state index contributed by atoms with van der Waals surface area (Å²) in [5, 5.41) is 2.65. The van der Waals surface area contributed by atoms with Gasteiger partial charge in [0.05, 0.1) is 13.2 Å². The summed E-state index contributed by atoms with van der Waals surface area (Å²) in [6, 6.07) is 6.98. The summed E-state index contributed by atoms with van der Waals surface area (Å²) in [6.07, 6.45) is 0. The molecule has 6 heteroatoms. The van der Waals surface area contributed by atoms with Gasteiger partial charge in [-0.1, -0.05) is 0 Å². The highest BCUT2D eigenvalue weighted by Gasteiger charge is 2.17. The third kappa shape index (κ3) is 2.54. The molecule has 0 bridgehead atoms. The van der Waals surface area contributed by atoms with Crippen LogP contribution in [0.2, 0.25) is 0 Å². The summed E-state index contributed by atoms with van der Waals surface area (Å²) in [5.41, 5.74) is 9.80. The van der Waals surface area contributed by atoms with Gasteiger partial charge in [-0.05, 0) is 24.3 Å². The van der Waals surface area contributed by atoms with Crippen LogP contribution < -0.4 is 11.2 Å². The maximum atomic E-state index is 12.0. The van der Waals surface area contributed by atoms with Gasteiger partial charge in [-0.15, -0.1) is 0 Å². The van der Waals surface area contributed by atoms with Gasteiger partial charge >= 0.3 is 5.91 Å². The van der Waals surface area contributed by atoms with Gasteiger partial charge in [0, 0.05) is 24.2 Å². The van der Waals surface area contributed by atoms with Gasteiger partial charge in [-0.2, -0.15) is 0 Å². The molecule has 1 fully saturated rings. The Morgan fingerprint density at radius 1 is 1.26 bits per heavy atom. The molecule has 3 rings (SSSR count). The summed E-state index contributed by atoms with van der Waals surface area (Å²) >= 11 is 0. The van der Waals surface area contributed by atoms with Crippen LogP contribution in [0.1, 0.15) is 10.6 Å². The number of amides is 1. The smallest absolute Gasteiger partial charge is 0.301 e. The van der Waals surface area contributed by atoms with E-state index in [9.17, 15) is 4.79 Å². The van der Waals surface area contributed by atoms with E-state index in [0.29, 0.717) is 37.6 Å². The van der Waals surface area contributed by atoms with Crippen LogP contribution in [0.3, 0.4) is 0 Å². The lowest BCUT2D eigenvalue weighted by molar-refractivity contribution is 0.0118. The van der Waals surface area contributed by atoms with E-state index in [1.165, 1.54) is 0 Å². The Kier molecular flexibility index (Phi) is 3.10. The molecule has 0 unspecified atom stereocenters. The first-order valence-corrected chi connectivity index (χ1v) is 6.15. The van der Waals surface area contributed by atoms with Gasteiger partial charge < -0.3 is 14.9 Å².